The number of carbonyl (C=O) groups excluding carboxylic acids is 2. The highest BCUT2D eigenvalue weighted by molar-refractivity contribution is 9.10. The lowest BCUT2D eigenvalue weighted by molar-refractivity contribution is -0.122. The van der Waals surface area contributed by atoms with Crippen LogP contribution in [0.3, 0.4) is 0 Å². The van der Waals surface area contributed by atoms with Crippen LogP contribution in [0.25, 0.3) is 0 Å². The Kier molecular flexibility index (Phi) is 5.45. The van der Waals surface area contributed by atoms with Crippen LogP contribution in [0.15, 0.2) is 46.9 Å². The van der Waals surface area contributed by atoms with Crippen molar-refractivity contribution >= 4 is 50.7 Å². The fraction of sp³-hybridized carbons (Fsp3) is 0.263. The number of hydrogen-bond acceptors (Lipinski definition) is 2. The second kappa shape index (κ2) is 7.58. The third kappa shape index (κ3) is 3.88. The van der Waals surface area contributed by atoms with E-state index in [-0.39, 0.29) is 18.2 Å². The van der Waals surface area contributed by atoms with Crippen LogP contribution in [0.4, 0.5) is 11.4 Å². The largest absolute Gasteiger partial charge is 0.326 e. The number of hydrogen-bond donors (Lipinski definition) is 1. The molecule has 0 bridgehead atoms. The molecular formula is C19H18BrClN2O2. The SMILES string of the molecule is CCc1cc(Br)ccc1NC(=O)[C@@H]1CC(=O)N(c2ccccc2Cl)C1. The Bertz CT molecular complexity index is 825. The molecule has 2 aromatic carbocycles. The highest BCUT2D eigenvalue weighted by Gasteiger charge is 2.36. The highest BCUT2D eigenvalue weighted by Crippen LogP contribution is 2.31. The molecule has 0 aliphatic carbocycles. The van der Waals surface area contributed by atoms with Crippen LogP contribution >= 0.6 is 27.5 Å². The van der Waals surface area contributed by atoms with E-state index in [0.717, 1.165) is 22.1 Å². The maximum absolute atomic E-state index is 12.6. The van der Waals surface area contributed by atoms with Crippen molar-refractivity contribution in [3.05, 3.63) is 57.5 Å². The van der Waals surface area contributed by atoms with Crippen LogP contribution in [0.5, 0.6) is 0 Å². The predicted octanol–water partition coefficient (Wildman–Crippen LogP) is 4.66. The van der Waals surface area contributed by atoms with Crippen molar-refractivity contribution < 1.29 is 9.59 Å². The van der Waals surface area contributed by atoms with Crippen LogP contribution in [0.1, 0.15) is 18.9 Å². The van der Waals surface area contributed by atoms with E-state index in [1.54, 1.807) is 17.0 Å². The number of carbonyl (C=O) groups is 2. The van der Waals surface area contributed by atoms with Gasteiger partial charge < -0.3 is 10.2 Å². The van der Waals surface area contributed by atoms with E-state index in [0.29, 0.717) is 17.3 Å². The molecule has 4 nitrogen and oxygen atoms in total. The zero-order chi connectivity index (χ0) is 18.0. The first kappa shape index (κ1) is 18.0. The molecule has 2 amide bonds. The summed E-state index contributed by atoms with van der Waals surface area (Å²) in [4.78, 5) is 26.6. The molecule has 0 unspecified atom stereocenters. The molecule has 6 heteroatoms. The summed E-state index contributed by atoms with van der Waals surface area (Å²) >= 11 is 9.62. The summed E-state index contributed by atoms with van der Waals surface area (Å²) < 4.78 is 0.975. The number of para-hydroxylation sites is 1. The summed E-state index contributed by atoms with van der Waals surface area (Å²) in [6.45, 7) is 2.38. The first-order valence-corrected chi connectivity index (χ1v) is 9.31. The summed E-state index contributed by atoms with van der Waals surface area (Å²) in [6.07, 6.45) is 0.999. The van der Waals surface area contributed by atoms with Gasteiger partial charge in [-0.1, -0.05) is 46.6 Å². The number of nitrogens with one attached hydrogen (secondary N) is 1. The van der Waals surface area contributed by atoms with Crippen molar-refractivity contribution in [3.8, 4) is 0 Å². The van der Waals surface area contributed by atoms with E-state index < -0.39 is 5.92 Å². The average molecular weight is 422 g/mol. The van der Waals surface area contributed by atoms with E-state index in [4.69, 9.17) is 11.6 Å². The van der Waals surface area contributed by atoms with E-state index >= 15 is 0 Å². The molecule has 0 spiro atoms. The van der Waals surface area contributed by atoms with Crippen LogP contribution in [-0.2, 0) is 16.0 Å². The number of aryl methyl sites for hydroxylation is 1. The molecule has 1 aliphatic heterocycles. The van der Waals surface area contributed by atoms with Crippen molar-refractivity contribution in [1.29, 1.82) is 0 Å². The molecule has 130 valence electrons. The molecule has 3 rings (SSSR count). The highest BCUT2D eigenvalue weighted by atomic mass is 79.9. The Labute approximate surface area is 160 Å². The molecular weight excluding hydrogens is 404 g/mol. The van der Waals surface area contributed by atoms with E-state index in [1.807, 2.05) is 37.3 Å². The molecule has 1 atom stereocenters. The molecule has 0 aromatic heterocycles. The van der Waals surface area contributed by atoms with Crippen LogP contribution < -0.4 is 10.2 Å². The van der Waals surface area contributed by atoms with Gasteiger partial charge in [0.2, 0.25) is 11.8 Å². The quantitative estimate of drug-likeness (QED) is 0.781. The normalized spacial score (nSPS) is 17.0. The maximum atomic E-state index is 12.6. The zero-order valence-electron chi connectivity index (χ0n) is 13.8. The number of nitrogens with zero attached hydrogens (tertiary/aromatic N) is 1. The number of benzene rings is 2. The number of rotatable bonds is 4. The topological polar surface area (TPSA) is 49.4 Å². The van der Waals surface area contributed by atoms with Gasteiger partial charge in [0.15, 0.2) is 0 Å². The molecule has 2 aromatic rings. The second-order valence-electron chi connectivity index (χ2n) is 6.00. The summed E-state index contributed by atoms with van der Waals surface area (Å²) in [7, 11) is 0. The predicted molar refractivity (Wildman–Crippen MR) is 104 cm³/mol. The average Bonchev–Trinajstić information content (AvgIpc) is 2.98. The van der Waals surface area contributed by atoms with Gasteiger partial charge in [-0.15, -0.1) is 0 Å². The molecule has 25 heavy (non-hydrogen) atoms. The van der Waals surface area contributed by atoms with Crippen LogP contribution in [0.2, 0.25) is 5.02 Å². The minimum absolute atomic E-state index is 0.0835. The van der Waals surface area contributed by atoms with Crippen molar-refractivity contribution in [2.75, 3.05) is 16.8 Å². The van der Waals surface area contributed by atoms with Crippen LogP contribution in [-0.4, -0.2) is 18.4 Å². The summed E-state index contributed by atoms with van der Waals surface area (Å²) in [5.41, 5.74) is 2.50. The number of anilines is 2. The molecule has 1 saturated heterocycles. The van der Waals surface area contributed by atoms with Crippen molar-refractivity contribution in [2.24, 2.45) is 5.92 Å². The van der Waals surface area contributed by atoms with Crippen molar-refractivity contribution in [2.45, 2.75) is 19.8 Å². The molecule has 0 saturated carbocycles. The van der Waals surface area contributed by atoms with Crippen molar-refractivity contribution in [3.63, 3.8) is 0 Å². The Morgan fingerprint density at radius 1 is 1.32 bits per heavy atom. The summed E-state index contributed by atoms with van der Waals surface area (Å²) in [5, 5.41) is 3.48. The summed E-state index contributed by atoms with van der Waals surface area (Å²) in [5.74, 6) is -0.614. The van der Waals surface area contributed by atoms with E-state index in [9.17, 15) is 9.59 Å². The first-order valence-electron chi connectivity index (χ1n) is 8.13. The number of halogens is 2. The monoisotopic (exact) mass is 420 g/mol. The maximum Gasteiger partial charge on any atom is 0.229 e. The fourth-order valence-electron chi connectivity index (χ4n) is 3.00. The smallest absolute Gasteiger partial charge is 0.229 e. The van der Waals surface area contributed by atoms with Gasteiger partial charge in [-0.05, 0) is 42.3 Å². The lowest BCUT2D eigenvalue weighted by Crippen LogP contribution is -2.28. The first-order chi connectivity index (χ1) is 12.0. The Balaban J connectivity index is 1.74. The standard InChI is InChI=1S/C19H18BrClN2O2/c1-2-12-9-14(20)7-8-16(12)22-19(25)13-10-18(24)23(11-13)17-6-4-3-5-15(17)21/h3-9,13H,2,10-11H2,1H3,(H,22,25)/t13-/m1/s1. The lowest BCUT2D eigenvalue weighted by atomic mass is 10.1. The summed E-state index contributed by atoms with van der Waals surface area (Å²) in [6, 6.07) is 12.9. The number of amides is 2. The van der Waals surface area contributed by atoms with Gasteiger partial charge in [-0.3, -0.25) is 9.59 Å². The Morgan fingerprint density at radius 3 is 2.80 bits per heavy atom. The van der Waals surface area contributed by atoms with Gasteiger partial charge in [0.05, 0.1) is 16.6 Å². The molecule has 0 radical (unpaired) electrons. The molecule has 1 fully saturated rings. The Morgan fingerprint density at radius 2 is 2.08 bits per heavy atom. The minimum Gasteiger partial charge on any atom is -0.326 e. The fourth-order valence-corrected chi connectivity index (χ4v) is 3.64. The molecule has 1 heterocycles. The van der Waals surface area contributed by atoms with Gasteiger partial charge in [0, 0.05) is 23.1 Å². The van der Waals surface area contributed by atoms with Crippen molar-refractivity contribution in [1.82, 2.24) is 0 Å². The van der Waals surface area contributed by atoms with Gasteiger partial charge in [-0.2, -0.15) is 0 Å². The lowest BCUT2D eigenvalue weighted by Gasteiger charge is -2.18. The third-order valence-electron chi connectivity index (χ3n) is 4.35. The van der Waals surface area contributed by atoms with E-state index in [2.05, 4.69) is 21.2 Å². The van der Waals surface area contributed by atoms with Gasteiger partial charge in [0.25, 0.3) is 0 Å². The zero-order valence-corrected chi connectivity index (χ0v) is 16.1. The molecule has 1 aliphatic rings. The van der Waals surface area contributed by atoms with Gasteiger partial charge in [0.1, 0.15) is 0 Å². The van der Waals surface area contributed by atoms with E-state index in [1.165, 1.54) is 0 Å². The van der Waals surface area contributed by atoms with Gasteiger partial charge >= 0.3 is 0 Å². The van der Waals surface area contributed by atoms with Crippen LogP contribution in [0, 0.1) is 5.92 Å². The van der Waals surface area contributed by atoms with Gasteiger partial charge in [-0.25, -0.2) is 0 Å². The third-order valence-corrected chi connectivity index (χ3v) is 5.16. The molecule has 1 N–H and O–H groups in total. The Hall–Kier alpha value is -1.85. The minimum atomic E-state index is -0.392. The second-order valence-corrected chi connectivity index (χ2v) is 7.32.